The Kier molecular flexibility index (Phi) is 9.49. The number of rotatable bonds is 9. The second-order valence-electron chi connectivity index (χ2n) is 11.4. The van der Waals surface area contributed by atoms with Crippen LogP contribution in [0.1, 0.15) is 42.3 Å². The summed E-state index contributed by atoms with van der Waals surface area (Å²) in [5.74, 6) is 0.370. The second kappa shape index (κ2) is 13.5. The zero-order valence-corrected chi connectivity index (χ0v) is 26.5. The minimum absolute atomic E-state index is 0.00590. The molecule has 0 bridgehead atoms. The van der Waals surface area contributed by atoms with Crippen molar-refractivity contribution in [1.82, 2.24) is 9.80 Å². The Morgan fingerprint density at radius 2 is 1.75 bits per heavy atom. The molecule has 8 heteroatoms. The van der Waals surface area contributed by atoms with Gasteiger partial charge in [0.1, 0.15) is 18.0 Å². The fraction of sp³-hybridized carbons (Fsp3) is 0.361. The molecule has 0 spiro atoms. The van der Waals surface area contributed by atoms with Gasteiger partial charge in [0.2, 0.25) is 0 Å². The van der Waals surface area contributed by atoms with Gasteiger partial charge in [-0.15, -0.1) is 0 Å². The van der Waals surface area contributed by atoms with Crippen LogP contribution in [0, 0.1) is 13.8 Å². The number of anilines is 1. The highest BCUT2D eigenvalue weighted by atomic mass is 16.5. The molecule has 0 radical (unpaired) electrons. The van der Waals surface area contributed by atoms with E-state index >= 15 is 0 Å². The molecule has 8 nitrogen and oxygen atoms in total. The smallest absolute Gasteiger partial charge is 0.333 e. The highest BCUT2D eigenvalue weighted by molar-refractivity contribution is 6.09. The summed E-state index contributed by atoms with van der Waals surface area (Å²) in [5, 5.41) is 5.31. The minimum Gasteiger partial charge on any atom is -0.461 e. The van der Waals surface area contributed by atoms with E-state index < -0.39 is 0 Å². The van der Waals surface area contributed by atoms with Crippen molar-refractivity contribution in [2.24, 2.45) is 4.99 Å². The Morgan fingerprint density at radius 3 is 2.45 bits per heavy atom. The number of hydrogen-bond donors (Lipinski definition) is 1. The first-order valence-electron chi connectivity index (χ1n) is 15.4. The summed E-state index contributed by atoms with van der Waals surface area (Å²) in [6.45, 7) is 18.6. The Hall–Kier alpha value is -4.43. The van der Waals surface area contributed by atoms with Gasteiger partial charge in [0.15, 0.2) is 0 Å². The predicted octanol–water partition coefficient (Wildman–Crippen LogP) is 6.05. The van der Waals surface area contributed by atoms with E-state index in [2.05, 4.69) is 60.8 Å². The fourth-order valence-corrected chi connectivity index (χ4v) is 5.82. The minimum atomic E-state index is -0.372. The van der Waals surface area contributed by atoms with Gasteiger partial charge in [0.25, 0.3) is 5.91 Å². The van der Waals surface area contributed by atoms with E-state index in [9.17, 15) is 9.59 Å². The summed E-state index contributed by atoms with van der Waals surface area (Å²) in [6.07, 6.45) is 0. The van der Waals surface area contributed by atoms with Crippen LogP contribution in [0.2, 0.25) is 0 Å². The lowest BCUT2D eigenvalue weighted by Gasteiger charge is -2.35. The van der Waals surface area contributed by atoms with Gasteiger partial charge < -0.3 is 19.4 Å². The number of carbonyl (C=O) groups excluding carboxylic acids is 2. The Balaban J connectivity index is 1.53. The summed E-state index contributed by atoms with van der Waals surface area (Å²) in [7, 11) is 0. The van der Waals surface area contributed by atoms with Crippen LogP contribution in [0.25, 0.3) is 33.4 Å². The first kappa shape index (κ1) is 31.0. The van der Waals surface area contributed by atoms with Crippen LogP contribution in [0.4, 0.5) is 5.69 Å². The number of hydrogen-bond acceptors (Lipinski definition) is 7. The zero-order valence-electron chi connectivity index (χ0n) is 26.5. The van der Waals surface area contributed by atoms with Gasteiger partial charge in [-0.25, -0.2) is 4.79 Å². The number of carbonyl (C=O) groups is 2. The molecule has 230 valence electrons. The van der Waals surface area contributed by atoms with Gasteiger partial charge >= 0.3 is 5.97 Å². The van der Waals surface area contributed by atoms with E-state index in [4.69, 9.17) is 9.15 Å². The monoisotopic (exact) mass is 594 g/mol. The molecule has 1 fully saturated rings. The fourth-order valence-electron chi connectivity index (χ4n) is 5.82. The number of benzene rings is 3. The van der Waals surface area contributed by atoms with E-state index in [0.717, 1.165) is 62.1 Å². The number of piperazine rings is 1. The first-order chi connectivity index (χ1) is 21.2. The number of esters is 1. The van der Waals surface area contributed by atoms with Gasteiger partial charge in [-0.3, -0.25) is 14.7 Å². The van der Waals surface area contributed by atoms with Crippen LogP contribution < -0.4 is 10.7 Å². The molecule has 0 aromatic heterocycles. The van der Waals surface area contributed by atoms with E-state index in [1.807, 2.05) is 42.2 Å². The highest BCUT2D eigenvalue weighted by Gasteiger charge is 2.27. The van der Waals surface area contributed by atoms with Crippen molar-refractivity contribution in [3.05, 3.63) is 82.7 Å². The van der Waals surface area contributed by atoms with Gasteiger partial charge in [0.05, 0.1) is 5.36 Å². The molecule has 44 heavy (non-hydrogen) atoms. The number of nitrogens with zero attached hydrogens (tertiary/aromatic N) is 3. The van der Waals surface area contributed by atoms with Crippen LogP contribution in [0.5, 0.6) is 0 Å². The van der Waals surface area contributed by atoms with Crippen molar-refractivity contribution < 1.29 is 18.7 Å². The zero-order chi connectivity index (χ0) is 31.4. The summed E-state index contributed by atoms with van der Waals surface area (Å²) in [5.41, 5.74) is 7.83. The summed E-state index contributed by atoms with van der Waals surface area (Å²) < 4.78 is 11.8. The third kappa shape index (κ3) is 6.40. The average Bonchev–Trinajstić information content (AvgIpc) is 3.01. The van der Waals surface area contributed by atoms with Crippen molar-refractivity contribution in [3.63, 3.8) is 0 Å². The average molecular weight is 595 g/mol. The maximum Gasteiger partial charge on any atom is 0.333 e. The van der Waals surface area contributed by atoms with Crippen LogP contribution in [0.15, 0.2) is 70.1 Å². The first-order valence-corrected chi connectivity index (χ1v) is 15.4. The lowest BCUT2D eigenvalue weighted by molar-refractivity contribution is -0.139. The number of amides is 1. The highest BCUT2D eigenvalue weighted by Crippen LogP contribution is 2.43. The number of ether oxygens (including phenoxy) is 1. The molecular formula is C36H42N4O4. The predicted molar refractivity (Wildman–Crippen MR) is 176 cm³/mol. The molecule has 3 aliphatic rings. The number of aryl methyl sites for hydroxylation is 2. The number of fused-ring (bicyclic) bond motifs is 2. The van der Waals surface area contributed by atoms with Gasteiger partial charge in [-0.05, 0) is 69.5 Å². The standard InChI is InChI=1S/C36H42N4O4/c1-7-37-30-21-32-28(19-24(30)5)34(29-20-25(6)31(38-8-2)22-33(29)44-32)26-11-9-10-12-27(26)35(41)40-15-13-39(14-16-40)17-18-43-36(42)23(3)4/h9-12,19-22,37H,3,7-8,13-18H2,1-2,4-6H3/b38-31+. The van der Waals surface area contributed by atoms with Crippen molar-refractivity contribution in [2.45, 2.75) is 34.6 Å². The van der Waals surface area contributed by atoms with Crippen LogP contribution >= 0.6 is 0 Å². The van der Waals surface area contributed by atoms with Crippen molar-refractivity contribution >= 4 is 28.5 Å². The molecule has 0 atom stereocenters. The topological polar surface area (TPSA) is 87.4 Å². The van der Waals surface area contributed by atoms with Crippen LogP contribution in [-0.2, 0) is 9.53 Å². The lowest BCUT2D eigenvalue weighted by Crippen LogP contribution is -2.49. The molecule has 1 amide bonds. The lowest BCUT2D eigenvalue weighted by atomic mass is 9.89. The van der Waals surface area contributed by atoms with Crippen LogP contribution in [-0.4, -0.2) is 74.1 Å². The second-order valence-corrected chi connectivity index (χ2v) is 11.4. The Bertz CT molecular complexity index is 1750. The molecule has 1 N–H and O–H groups in total. The molecule has 1 aliphatic carbocycles. The number of nitrogens with one attached hydrogen (secondary N) is 1. The third-order valence-corrected chi connectivity index (χ3v) is 8.15. The largest absolute Gasteiger partial charge is 0.461 e. The molecule has 1 saturated heterocycles. The molecular weight excluding hydrogens is 552 g/mol. The van der Waals surface area contributed by atoms with Crippen molar-refractivity contribution in [1.29, 1.82) is 0 Å². The van der Waals surface area contributed by atoms with Gasteiger partial charge in [-0.2, -0.15) is 0 Å². The molecule has 5 rings (SSSR count). The van der Waals surface area contributed by atoms with Crippen molar-refractivity contribution in [3.8, 4) is 22.5 Å². The third-order valence-electron chi connectivity index (χ3n) is 8.15. The summed E-state index contributed by atoms with van der Waals surface area (Å²) >= 11 is 0. The van der Waals surface area contributed by atoms with Crippen LogP contribution in [0.3, 0.4) is 0 Å². The van der Waals surface area contributed by atoms with Gasteiger partial charge in [0, 0.05) is 91.3 Å². The molecule has 0 unspecified atom stereocenters. The molecule has 2 heterocycles. The molecule has 2 aromatic carbocycles. The molecule has 2 aromatic rings. The van der Waals surface area contributed by atoms with E-state index in [1.54, 1.807) is 6.92 Å². The Morgan fingerprint density at radius 1 is 1.00 bits per heavy atom. The maximum atomic E-state index is 14.1. The van der Waals surface area contributed by atoms with Gasteiger partial charge in [-0.1, -0.05) is 24.8 Å². The van der Waals surface area contributed by atoms with Crippen molar-refractivity contribution in [2.75, 3.05) is 57.7 Å². The summed E-state index contributed by atoms with van der Waals surface area (Å²) in [4.78, 5) is 34.7. The molecule has 0 saturated carbocycles. The van der Waals surface area contributed by atoms with E-state index in [1.165, 1.54) is 0 Å². The SMILES string of the molecule is C=C(C)C(=O)OCCN1CCN(C(=O)c2ccccc2-c2c3cc(C)/c(=N/CC)cc-3oc3cc(NCC)c(C)cc23)CC1. The van der Waals surface area contributed by atoms with E-state index in [0.29, 0.717) is 57.0 Å². The summed E-state index contributed by atoms with van der Waals surface area (Å²) in [6, 6.07) is 16.3. The normalized spacial score (nSPS) is 14.3. The molecule has 2 aliphatic heterocycles. The maximum absolute atomic E-state index is 14.1. The Labute approximate surface area is 259 Å². The quantitative estimate of drug-likeness (QED) is 0.144. The van der Waals surface area contributed by atoms with E-state index in [-0.39, 0.29) is 11.9 Å².